The van der Waals surface area contributed by atoms with Gasteiger partial charge in [-0.25, -0.2) is 9.97 Å². The van der Waals surface area contributed by atoms with Gasteiger partial charge in [0.05, 0.1) is 5.69 Å². The van der Waals surface area contributed by atoms with E-state index < -0.39 is 0 Å². The van der Waals surface area contributed by atoms with Crippen LogP contribution in [0.25, 0.3) is 0 Å². The summed E-state index contributed by atoms with van der Waals surface area (Å²) in [5, 5.41) is 7.72. The van der Waals surface area contributed by atoms with Gasteiger partial charge in [-0.3, -0.25) is 9.58 Å². The Kier molecular flexibility index (Phi) is 3.77. The molecule has 4 rings (SSSR count). The lowest BCUT2D eigenvalue weighted by molar-refractivity contribution is 0.0201. The molecule has 0 aromatic carbocycles. The second-order valence-corrected chi connectivity index (χ2v) is 7.04. The van der Waals surface area contributed by atoms with Crippen molar-refractivity contribution in [2.24, 2.45) is 12.5 Å². The Morgan fingerprint density at radius 1 is 1.17 bits per heavy atom. The first-order valence-electron chi connectivity index (χ1n) is 8.45. The van der Waals surface area contributed by atoms with Crippen molar-refractivity contribution in [2.75, 3.05) is 18.4 Å². The second kappa shape index (κ2) is 5.92. The fourth-order valence-electron chi connectivity index (χ4n) is 4.02. The van der Waals surface area contributed by atoms with E-state index in [0.717, 1.165) is 12.5 Å². The van der Waals surface area contributed by atoms with Gasteiger partial charge >= 0.3 is 0 Å². The van der Waals surface area contributed by atoms with E-state index in [1.165, 1.54) is 44.5 Å². The molecule has 122 valence electrons. The third kappa shape index (κ3) is 3.08. The number of rotatable bonds is 4. The highest BCUT2D eigenvalue weighted by Gasteiger charge is 2.45. The minimum absolute atomic E-state index is 0.543. The smallest absolute Gasteiger partial charge is 0.222 e. The van der Waals surface area contributed by atoms with Crippen LogP contribution in [0.5, 0.6) is 0 Å². The van der Waals surface area contributed by atoms with Gasteiger partial charge in [-0.05, 0) is 56.3 Å². The predicted octanol–water partition coefficient (Wildman–Crippen LogP) is 2.07. The molecule has 23 heavy (non-hydrogen) atoms. The largest absolute Gasteiger partial charge is 0.351 e. The minimum atomic E-state index is 0.543. The Labute approximate surface area is 136 Å². The molecule has 6 heteroatoms. The molecule has 3 heterocycles. The first kappa shape index (κ1) is 14.6. The van der Waals surface area contributed by atoms with Crippen molar-refractivity contribution in [2.45, 2.75) is 38.3 Å². The molecule has 6 nitrogen and oxygen atoms in total. The summed E-state index contributed by atoms with van der Waals surface area (Å²) in [5.41, 5.74) is 1.85. The minimum Gasteiger partial charge on any atom is -0.351 e. The van der Waals surface area contributed by atoms with Gasteiger partial charge in [0.1, 0.15) is 0 Å². The van der Waals surface area contributed by atoms with Crippen LogP contribution in [-0.4, -0.2) is 43.8 Å². The average molecular weight is 312 g/mol. The van der Waals surface area contributed by atoms with Crippen molar-refractivity contribution < 1.29 is 0 Å². The van der Waals surface area contributed by atoms with Crippen molar-refractivity contribution in [3.8, 4) is 0 Å². The molecule has 2 aromatic rings. The van der Waals surface area contributed by atoms with Gasteiger partial charge in [0.15, 0.2) is 0 Å². The Balaban J connectivity index is 1.25. The van der Waals surface area contributed by atoms with Crippen LogP contribution in [0.15, 0.2) is 30.7 Å². The molecule has 0 bridgehead atoms. The van der Waals surface area contributed by atoms with Crippen LogP contribution in [-0.2, 0) is 13.6 Å². The summed E-state index contributed by atoms with van der Waals surface area (Å²) in [6, 6.07) is 4.51. The van der Waals surface area contributed by atoms with E-state index in [1.54, 1.807) is 12.4 Å². The molecule has 2 fully saturated rings. The lowest BCUT2D eigenvalue weighted by atomic mass is 9.60. The highest BCUT2D eigenvalue weighted by atomic mass is 15.3. The van der Waals surface area contributed by atoms with E-state index in [1.807, 2.05) is 24.0 Å². The van der Waals surface area contributed by atoms with Crippen LogP contribution in [0.1, 0.15) is 31.4 Å². The van der Waals surface area contributed by atoms with Crippen molar-refractivity contribution >= 4 is 5.95 Å². The van der Waals surface area contributed by atoms with Crippen molar-refractivity contribution in [1.29, 1.82) is 0 Å². The SMILES string of the molecule is Cn1nccc1CN1CCC2(CC1)CC(Nc1ncccn1)C2. The summed E-state index contributed by atoms with van der Waals surface area (Å²) in [4.78, 5) is 11.1. The molecule has 1 aliphatic heterocycles. The maximum Gasteiger partial charge on any atom is 0.222 e. The van der Waals surface area contributed by atoms with Crippen molar-refractivity contribution in [3.63, 3.8) is 0 Å². The zero-order valence-electron chi connectivity index (χ0n) is 13.6. The van der Waals surface area contributed by atoms with Crippen LogP contribution >= 0.6 is 0 Å². The molecule has 1 saturated carbocycles. The summed E-state index contributed by atoms with van der Waals surface area (Å²) < 4.78 is 1.98. The van der Waals surface area contributed by atoms with E-state index in [-0.39, 0.29) is 0 Å². The van der Waals surface area contributed by atoms with Crippen molar-refractivity contribution in [1.82, 2.24) is 24.6 Å². The highest BCUT2D eigenvalue weighted by Crippen LogP contribution is 2.49. The molecule has 1 N–H and O–H groups in total. The molecule has 1 saturated heterocycles. The normalized spacial score (nSPS) is 21.3. The Bertz CT molecular complexity index is 636. The molecule has 2 aromatic heterocycles. The van der Waals surface area contributed by atoms with Gasteiger partial charge in [-0.2, -0.15) is 5.10 Å². The number of likely N-dealkylation sites (tertiary alicyclic amines) is 1. The van der Waals surface area contributed by atoms with Crippen LogP contribution in [0, 0.1) is 5.41 Å². The molecule has 2 aliphatic rings. The molecular weight excluding hydrogens is 288 g/mol. The Morgan fingerprint density at radius 3 is 2.57 bits per heavy atom. The molecule has 0 amide bonds. The lowest BCUT2D eigenvalue weighted by Gasteiger charge is -2.52. The Hall–Kier alpha value is -1.95. The van der Waals surface area contributed by atoms with Gasteiger partial charge < -0.3 is 5.32 Å². The summed E-state index contributed by atoms with van der Waals surface area (Å²) >= 11 is 0. The first-order chi connectivity index (χ1) is 11.2. The van der Waals surface area contributed by atoms with Gasteiger partial charge in [-0.1, -0.05) is 0 Å². The van der Waals surface area contributed by atoms with E-state index >= 15 is 0 Å². The predicted molar refractivity (Wildman–Crippen MR) is 88.8 cm³/mol. The van der Waals surface area contributed by atoms with Crippen LogP contribution in [0.2, 0.25) is 0 Å². The number of hydrogen-bond donors (Lipinski definition) is 1. The van der Waals surface area contributed by atoms with E-state index in [2.05, 4.69) is 31.3 Å². The van der Waals surface area contributed by atoms with Crippen molar-refractivity contribution in [3.05, 3.63) is 36.4 Å². The van der Waals surface area contributed by atoms with Crippen LogP contribution in [0.3, 0.4) is 0 Å². The maximum absolute atomic E-state index is 4.26. The molecule has 0 unspecified atom stereocenters. The van der Waals surface area contributed by atoms with Crippen LogP contribution in [0.4, 0.5) is 5.95 Å². The van der Waals surface area contributed by atoms with E-state index in [0.29, 0.717) is 11.5 Å². The average Bonchev–Trinajstić information content (AvgIpc) is 2.94. The third-order valence-corrected chi connectivity index (χ3v) is 5.48. The van der Waals surface area contributed by atoms with Gasteiger partial charge in [0.2, 0.25) is 5.95 Å². The fraction of sp³-hybridized carbons (Fsp3) is 0.588. The summed E-state index contributed by atoms with van der Waals surface area (Å²) in [7, 11) is 2.02. The number of anilines is 1. The number of nitrogens with one attached hydrogen (secondary N) is 1. The molecule has 0 atom stereocenters. The fourth-order valence-corrected chi connectivity index (χ4v) is 4.02. The third-order valence-electron chi connectivity index (χ3n) is 5.48. The number of piperidine rings is 1. The summed E-state index contributed by atoms with van der Waals surface area (Å²) in [6.45, 7) is 3.41. The lowest BCUT2D eigenvalue weighted by Crippen LogP contribution is -2.51. The summed E-state index contributed by atoms with van der Waals surface area (Å²) in [6.07, 6.45) is 10.6. The number of hydrogen-bond acceptors (Lipinski definition) is 5. The van der Waals surface area contributed by atoms with Gasteiger partial charge in [0, 0.05) is 38.2 Å². The topological polar surface area (TPSA) is 58.9 Å². The van der Waals surface area contributed by atoms with Gasteiger partial charge in [0.25, 0.3) is 0 Å². The molecule has 1 aliphatic carbocycles. The zero-order valence-corrected chi connectivity index (χ0v) is 13.6. The number of aromatic nitrogens is 4. The highest BCUT2D eigenvalue weighted by molar-refractivity contribution is 5.26. The quantitative estimate of drug-likeness (QED) is 0.936. The molecule has 0 radical (unpaired) electrons. The second-order valence-electron chi connectivity index (χ2n) is 7.04. The monoisotopic (exact) mass is 312 g/mol. The number of aryl methyl sites for hydroxylation is 1. The number of nitrogens with zero attached hydrogens (tertiary/aromatic N) is 5. The summed E-state index contributed by atoms with van der Waals surface area (Å²) in [5.74, 6) is 0.765. The van der Waals surface area contributed by atoms with Gasteiger partial charge in [-0.15, -0.1) is 0 Å². The first-order valence-corrected chi connectivity index (χ1v) is 8.45. The van der Waals surface area contributed by atoms with Crippen LogP contribution < -0.4 is 5.32 Å². The zero-order chi connectivity index (χ0) is 15.7. The molecular formula is C17H24N6. The Morgan fingerprint density at radius 2 is 1.91 bits per heavy atom. The molecule has 1 spiro atoms. The van der Waals surface area contributed by atoms with E-state index in [9.17, 15) is 0 Å². The standard InChI is InChI=1S/C17H24N6/c1-22-15(3-8-20-22)13-23-9-4-17(5-10-23)11-14(12-17)21-16-18-6-2-7-19-16/h2-3,6-8,14H,4-5,9-13H2,1H3,(H,18,19,21). The van der Waals surface area contributed by atoms with E-state index in [4.69, 9.17) is 0 Å². The maximum atomic E-state index is 4.26.